The van der Waals surface area contributed by atoms with Crippen molar-refractivity contribution in [3.05, 3.63) is 65.7 Å². The van der Waals surface area contributed by atoms with Crippen LogP contribution in [0.5, 0.6) is 0 Å². The number of benzene rings is 2. The molecule has 2 aromatic rings. The normalized spacial score (nSPS) is 16.2. The summed E-state index contributed by atoms with van der Waals surface area (Å²) in [5, 5.41) is 3.40. The second-order valence-corrected chi connectivity index (χ2v) is 6.53. The lowest BCUT2D eigenvalue weighted by Gasteiger charge is -2.22. The largest absolute Gasteiger partial charge is 0.316 e. The van der Waals surface area contributed by atoms with Gasteiger partial charge in [-0.15, -0.1) is 0 Å². The molecule has 2 aromatic carbocycles. The van der Waals surface area contributed by atoms with E-state index in [0.29, 0.717) is 6.42 Å². The van der Waals surface area contributed by atoms with Crippen molar-refractivity contribution in [2.24, 2.45) is 0 Å². The summed E-state index contributed by atoms with van der Waals surface area (Å²) in [5.74, 6) is 0.225. The highest BCUT2D eigenvalue weighted by molar-refractivity contribution is 5.96. The molecule has 3 heteroatoms. The first-order valence-electron chi connectivity index (χ1n) is 8.90. The van der Waals surface area contributed by atoms with Crippen molar-refractivity contribution in [3.63, 3.8) is 0 Å². The number of aryl methyl sites for hydroxylation is 1. The van der Waals surface area contributed by atoms with E-state index in [1.165, 1.54) is 11.1 Å². The Bertz CT molecular complexity index is 669. The van der Waals surface area contributed by atoms with E-state index in [2.05, 4.69) is 48.6 Å². The van der Waals surface area contributed by atoms with Crippen molar-refractivity contribution < 1.29 is 4.79 Å². The molecule has 1 unspecified atom stereocenters. The molecule has 1 N–H and O–H groups in total. The Balaban J connectivity index is 1.39. The van der Waals surface area contributed by atoms with Crippen molar-refractivity contribution in [3.8, 4) is 0 Å². The summed E-state index contributed by atoms with van der Waals surface area (Å²) in [6.07, 6.45) is 3.70. The fourth-order valence-corrected chi connectivity index (χ4v) is 3.45. The van der Waals surface area contributed by atoms with Crippen LogP contribution >= 0.6 is 0 Å². The van der Waals surface area contributed by atoms with Crippen molar-refractivity contribution in [2.75, 3.05) is 18.0 Å². The maximum Gasteiger partial charge on any atom is 0.228 e. The molecule has 0 aliphatic carbocycles. The van der Waals surface area contributed by atoms with Crippen molar-refractivity contribution in [1.82, 2.24) is 5.32 Å². The second-order valence-electron chi connectivity index (χ2n) is 6.53. The summed E-state index contributed by atoms with van der Waals surface area (Å²) in [5.41, 5.74) is 3.76. The van der Waals surface area contributed by atoms with Crippen LogP contribution < -0.4 is 10.2 Å². The van der Waals surface area contributed by atoms with Gasteiger partial charge >= 0.3 is 0 Å². The van der Waals surface area contributed by atoms with Crippen LogP contribution in [0.1, 0.15) is 30.9 Å². The van der Waals surface area contributed by atoms with E-state index in [-0.39, 0.29) is 11.9 Å². The summed E-state index contributed by atoms with van der Waals surface area (Å²) in [7, 11) is 0. The Morgan fingerprint density at radius 2 is 1.83 bits per heavy atom. The van der Waals surface area contributed by atoms with E-state index in [9.17, 15) is 4.79 Å². The quantitative estimate of drug-likeness (QED) is 0.790. The second kappa shape index (κ2) is 8.11. The van der Waals surface area contributed by atoms with E-state index in [4.69, 9.17) is 0 Å². The SMILES string of the molecule is CC1Cc2ccccc2N1C(=O)CCNCCCc1ccccc1. The van der Waals surface area contributed by atoms with Gasteiger partial charge in [-0.3, -0.25) is 4.79 Å². The molecule has 1 heterocycles. The highest BCUT2D eigenvalue weighted by atomic mass is 16.2. The molecular formula is C21H26N2O. The van der Waals surface area contributed by atoms with Crippen LogP contribution in [0.25, 0.3) is 0 Å². The number of hydrogen-bond acceptors (Lipinski definition) is 2. The minimum Gasteiger partial charge on any atom is -0.316 e. The predicted octanol–water partition coefficient (Wildman–Crippen LogP) is 3.58. The number of rotatable bonds is 7. The number of para-hydroxylation sites is 1. The summed E-state index contributed by atoms with van der Waals surface area (Å²) in [6.45, 7) is 3.83. The molecule has 0 bridgehead atoms. The molecule has 126 valence electrons. The first-order valence-corrected chi connectivity index (χ1v) is 8.90. The van der Waals surface area contributed by atoms with E-state index in [1.54, 1.807) is 0 Å². The molecule has 0 saturated heterocycles. The third-order valence-corrected chi connectivity index (χ3v) is 4.65. The fraction of sp³-hybridized carbons (Fsp3) is 0.381. The molecule has 3 nitrogen and oxygen atoms in total. The van der Waals surface area contributed by atoms with Gasteiger partial charge in [0.25, 0.3) is 0 Å². The molecule has 0 aromatic heterocycles. The zero-order valence-corrected chi connectivity index (χ0v) is 14.4. The molecule has 1 aliphatic heterocycles. The van der Waals surface area contributed by atoms with Gasteiger partial charge in [-0.25, -0.2) is 0 Å². The van der Waals surface area contributed by atoms with Crippen LogP contribution in [-0.4, -0.2) is 25.0 Å². The van der Waals surface area contributed by atoms with Gasteiger partial charge in [0.2, 0.25) is 5.91 Å². The van der Waals surface area contributed by atoms with Crippen LogP contribution in [0, 0.1) is 0 Å². The third kappa shape index (κ3) is 4.04. The lowest BCUT2D eigenvalue weighted by molar-refractivity contribution is -0.118. The molecule has 0 fully saturated rings. The van der Waals surface area contributed by atoms with Gasteiger partial charge in [-0.2, -0.15) is 0 Å². The number of hydrogen-bond donors (Lipinski definition) is 1. The molecule has 0 radical (unpaired) electrons. The standard InChI is InChI=1S/C21H26N2O/c1-17-16-19-11-5-6-12-20(19)23(17)21(24)13-15-22-14-7-10-18-8-3-2-4-9-18/h2-6,8-9,11-12,17,22H,7,10,13-16H2,1H3. The van der Waals surface area contributed by atoms with Crippen LogP contribution in [0.15, 0.2) is 54.6 Å². The Labute approximate surface area is 144 Å². The van der Waals surface area contributed by atoms with E-state index in [0.717, 1.165) is 38.0 Å². The van der Waals surface area contributed by atoms with Gasteiger partial charge in [-0.1, -0.05) is 48.5 Å². The predicted molar refractivity (Wildman–Crippen MR) is 99.3 cm³/mol. The summed E-state index contributed by atoms with van der Waals surface area (Å²) >= 11 is 0. The van der Waals surface area contributed by atoms with Crippen LogP contribution in [0.3, 0.4) is 0 Å². The number of fused-ring (bicyclic) bond motifs is 1. The van der Waals surface area contributed by atoms with Crippen LogP contribution in [0.4, 0.5) is 5.69 Å². The average molecular weight is 322 g/mol. The molecular weight excluding hydrogens is 296 g/mol. The lowest BCUT2D eigenvalue weighted by atomic mass is 10.1. The highest BCUT2D eigenvalue weighted by Gasteiger charge is 2.29. The number of nitrogens with zero attached hydrogens (tertiary/aromatic N) is 1. The lowest BCUT2D eigenvalue weighted by Crippen LogP contribution is -2.37. The van der Waals surface area contributed by atoms with Gasteiger partial charge in [-0.05, 0) is 49.9 Å². The first-order chi connectivity index (χ1) is 11.8. The summed E-state index contributed by atoms with van der Waals surface area (Å²) in [4.78, 5) is 14.5. The molecule has 1 amide bonds. The molecule has 24 heavy (non-hydrogen) atoms. The summed E-state index contributed by atoms with van der Waals surface area (Å²) < 4.78 is 0. The van der Waals surface area contributed by atoms with Gasteiger partial charge in [0, 0.05) is 24.7 Å². The van der Waals surface area contributed by atoms with Gasteiger partial charge in [0.15, 0.2) is 0 Å². The number of nitrogens with one attached hydrogen (secondary N) is 1. The van der Waals surface area contributed by atoms with Crippen molar-refractivity contribution in [1.29, 1.82) is 0 Å². The van der Waals surface area contributed by atoms with Crippen LogP contribution in [-0.2, 0) is 17.6 Å². The van der Waals surface area contributed by atoms with Crippen molar-refractivity contribution >= 4 is 11.6 Å². The molecule has 0 spiro atoms. The van der Waals surface area contributed by atoms with Gasteiger partial charge in [0.05, 0.1) is 0 Å². The van der Waals surface area contributed by atoms with E-state index in [1.807, 2.05) is 23.1 Å². The van der Waals surface area contributed by atoms with E-state index >= 15 is 0 Å². The maximum atomic E-state index is 12.6. The number of carbonyl (C=O) groups is 1. The molecule has 3 rings (SSSR count). The number of anilines is 1. The first kappa shape index (κ1) is 16.7. The summed E-state index contributed by atoms with van der Waals surface area (Å²) in [6, 6.07) is 19.1. The maximum absolute atomic E-state index is 12.6. The van der Waals surface area contributed by atoms with Crippen molar-refractivity contribution in [2.45, 2.75) is 38.6 Å². The van der Waals surface area contributed by atoms with Gasteiger partial charge in [0.1, 0.15) is 0 Å². The minimum absolute atomic E-state index is 0.225. The van der Waals surface area contributed by atoms with E-state index < -0.39 is 0 Å². The zero-order valence-electron chi connectivity index (χ0n) is 14.4. The Kier molecular flexibility index (Phi) is 5.65. The minimum atomic E-state index is 0.225. The van der Waals surface area contributed by atoms with Crippen LogP contribution in [0.2, 0.25) is 0 Å². The zero-order chi connectivity index (χ0) is 16.8. The fourth-order valence-electron chi connectivity index (χ4n) is 3.45. The molecule has 1 atom stereocenters. The van der Waals surface area contributed by atoms with Gasteiger partial charge < -0.3 is 10.2 Å². The Morgan fingerprint density at radius 3 is 2.67 bits per heavy atom. The monoisotopic (exact) mass is 322 g/mol. The highest BCUT2D eigenvalue weighted by Crippen LogP contribution is 2.32. The number of amides is 1. The molecule has 0 saturated carbocycles. The Morgan fingerprint density at radius 1 is 1.08 bits per heavy atom. The molecule has 1 aliphatic rings. The number of carbonyl (C=O) groups excluding carboxylic acids is 1. The third-order valence-electron chi connectivity index (χ3n) is 4.65. The topological polar surface area (TPSA) is 32.3 Å². The average Bonchev–Trinajstić information content (AvgIpc) is 2.94. The Hall–Kier alpha value is -2.13. The smallest absolute Gasteiger partial charge is 0.228 e.